The zero-order valence-electron chi connectivity index (χ0n) is 14.8. The highest BCUT2D eigenvalue weighted by Crippen LogP contribution is 2.29. The second kappa shape index (κ2) is 9.33. The molecule has 1 atom stereocenters. The molecule has 2 aromatic rings. The number of hydrogen-bond acceptors (Lipinski definition) is 4. The van der Waals surface area contributed by atoms with Gasteiger partial charge in [-0.3, -0.25) is 0 Å². The fourth-order valence-electron chi connectivity index (χ4n) is 2.43. The van der Waals surface area contributed by atoms with E-state index >= 15 is 0 Å². The van der Waals surface area contributed by atoms with E-state index in [1.165, 1.54) is 5.56 Å². The Bertz CT molecular complexity index is 742. The van der Waals surface area contributed by atoms with Crippen LogP contribution in [-0.4, -0.2) is 15.8 Å². The van der Waals surface area contributed by atoms with E-state index in [2.05, 4.69) is 16.9 Å². The summed E-state index contributed by atoms with van der Waals surface area (Å²) in [7, 11) is 0. The first-order chi connectivity index (χ1) is 12.0. The summed E-state index contributed by atoms with van der Waals surface area (Å²) < 4.78 is 5.65. The van der Waals surface area contributed by atoms with Gasteiger partial charge >= 0.3 is 6.01 Å². The fourth-order valence-corrected chi connectivity index (χ4v) is 2.67. The second-order valence-corrected chi connectivity index (χ2v) is 6.57. The average Bonchev–Trinajstić information content (AvgIpc) is 2.56. The minimum atomic E-state index is 0.180. The summed E-state index contributed by atoms with van der Waals surface area (Å²) in [5.74, 6) is 0.910. The molecule has 0 saturated heterocycles. The normalized spacial score (nSPS) is 12.3. The molecule has 25 heavy (non-hydrogen) atoms. The Morgan fingerprint density at radius 3 is 2.64 bits per heavy atom. The summed E-state index contributed by atoms with van der Waals surface area (Å²) in [6, 6.07) is 6.00. The lowest BCUT2D eigenvalue weighted by Crippen LogP contribution is -1.98. The van der Waals surface area contributed by atoms with Crippen molar-refractivity contribution in [2.45, 2.75) is 40.0 Å². The van der Waals surface area contributed by atoms with Crippen molar-refractivity contribution < 1.29 is 9.53 Å². The van der Waals surface area contributed by atoms with Crippen molar-refractivity contribution in [1.29, 1.82) is 0 Å². The van der Waals surface area contributed by atoms with Gasteiger partial charge < -0.3 is 9.53 Å². The number of Topliss-reactive ketones (excluding diaryl/α,β-unsaturated/α-hetero) is 1. The highest BCUT2D eigenvalue weighted by Gasteiger charge is 2.06. The monoisotopic (exact) mass is 358 g/mol. The first-order valence-corrected chi connectivity index (χ1v) is 8.81. The molecule has 4 nitrogen and oxygen atoms in total. The SMILES string of the molecule is CCCc1ccc(Oc2ncc(/C=C/[C@H](C)CC(C)=O)cn2)c(Cl)c1. The van der Waals surface area contributed by atoms with Gasteiger partial charge in [0.2, 0.25) is 0 Å². The van der Waals surface area contributed by atoms with E-state index in [9.17, 15) is 4.79 Å². The maximum absolute atomic E-state index is 11.1. The Morgan fingerprint density at radius 1 is 1.32 bits per heavy atom. The van der Waals surface area contributed by atoms with Gasteiger partial charge in [0.15, 0.2) is 0 Å². The lowest BCUT2D eigenvalue weighted by Gasteiger charge is -2.07. The third-order valence-corrected chi connectivity index (χ3v) is 3.91. The first-order valence-electron chi connectivity index (χ1n) is 8.44. The van der Waals surface area contributed by atoms with Crippen LogP contribution in [0.2, 0.25) is 5.02 Å². The smallest absolute Gasteiger partial charge is 0.321 e. The predicted molar refractivity (Wildman–Crippen MR) is 101 cm³/mol. The zero-order valence-corrected chi connectivity index (χ0v) is 15.6. The van der Waals surface area contributed by atoms with E-state index in [0.29, 0.717) is 17.2 Å². The molecular formula is C20H23ClN2O2. The number of nitrogens with zero attached hydrogens (tertiary/aromatic N) is 2. The van der Waals surface area contributed by atoms with Gasteiger partial charge in [-0.1, -0.05) is 50.1 Å². The summed E-state index contributed by atoms with van der Waals surface area (Å²) in [5.41, 5.74) is 2.04. The van der Waals surface area contributed by atoms with E-state index in [1.54, 1.807) is 19.3 Å². The van der Waals surface area contributed by atoms with Gasteiger partial charge in [0.05, 0.1) is 5.02 Å². The number of carbonyl (C=O) groups is 1. The number of allylic oxidation sites excluding steroid dienone is 1. The van der Waals surface area contributed by atoms with Crippen molar-refractivity contribution in [3.05, 3.63) is 52.8 Å². The summed E-state index contributed by atoms with van der Waals surface area (Å²) in [6.45, 7) is 5.73. The van der Waals surface area contributed by atoms with Crippen molar-refractivity contribution in [3.63, 3.8) is 0 Å². The van der Waals surface area contributed by atoms with Crippen LogP contribution in [0.15, 0.2) is 36.7 Å². The van der Waals surface area contributed by atoms with Gasteiger partial charge in [0, 0.05) is 24.4 Å². The van der Waals surface area contributed by atoms with Crippen molar-refractivity contribution in [2.75, 3.05) is 0 Å². The van der Waals surface area contributed by atoms with Crippen molar-refractivity contribution >= 4 is 23.5 Å². The van der Waals surface area contributed by atoms with Crippen LogP contribution in [0.5, 0.6) is 11.8 Å². The molecule has 0 fully saturated rings. The number of halogens is 1. The lowest BCUT2D eigenvalue weighted by molar-refractivity contribution is -0.117. The van der Waals surface area contributed by atoms with Gasteiger partial charge in [-0.15, -0.1) is 0 Å². The second-order valence-electron chi connectivity index (χ2n) is 6.16. The van der Waals surface area contributed by atoms with Crippen LogP contribution >= 0.6 is 11.6 Å². The van der Waals surface area contributed by atoms with Crippen molar-refractivity contribution in [1.82, 2.24) is 9.97 Å². The van der Waals surface area contributed by atoms with Crippen LogP contribution in [0, 0.1) is 5.92 Å². The summed E-state index contributed by atoms with van der Waals surface area (Å²) >= 11 is 6.25. The van der Waals surface area contributed by atoms with Crippen LogP contribution in [0.4, 0.5) is 0 Å². The van der Waals surface area contributed by atoms with Crippen LogP contribution < -0.4 is 4.74 Å². The predicted octanol–water partition coefficient (Wildman–Crippen LogP) is 5.50. The Labute approximate surface area is 153 Å². The highest BCUT2D eigenvalue weighted by atomic mass is 35.5. The molecular weight excluding hydrogens is 336 g/mol. The van der Waals surface area contributed by atoms with Gasteiger partial charge in [-0.2, -0.15) is 0 Å². The van der Waals surface area contributed by atoms with Gasteiger partial charge in [-0.05, 0) is 37.0 Å². The molecule has 1 aromatic carbocycles. The molecule has 0 spiro atoms. The topological polar surface area (TPSA) is 52.1 Å². The van der Waals surface area contributed by atoms with Crippen molar-refractivity contribution in [2.24, 2.45) is 5.92 Å². The molecule has 1 heterocycles. The summed E-state index contributed by atoms with van der Waals surface area (Å²) in [6.07, 6.45) is 9.83. The summed E-state index contributed by atoms with van der Waals surface area (Å²) in [5, 5.41) is 0.552. The number of rotatable bonds is 8. The number of hydrogen-bond donors (Lipinski definition) is 0. The quantitative estimate of drug-likeness (QED) is 0.624. The number of benzene rings is 1. The van der Waals surface area contributed by atoms with E-state index in [4.69, 9.17) is 16.3 Å². The lowest BCUT2D eigenvalue weighted by atomic mass is 10.0. The fraction of sp³-hybridized carbons (Fsp3) is 0.350. The van der Waals surface area contributed by atoms with E-state index in [-0.39, 0.29) is 17.7 Å². The molecule has 0 aliphatic rings. The molecule has 0 saturated carbocycles. The molecule has 1 aromatic heterocycles. The van der Waals surface area contributed by atoms with Gasteiger partial charge in [-0.25, -0.2) is 9.97 Å². The van der Waals surface area contributed by atoms with E-state index < -0.39 is 0 Å². The largest absolute Gasteiger partial charge is 0.423 e. The van der Waals surface area contributed by atoms with Gasteiger partial charge in [0.25, 0.3) is 0 Å². The minimum Gasteiger partial charge on any atom is -0.423 e. The molecule has 0 aliphatic heterocycles. The zero-order chi connectivity index (χ0) is 18.2. The number of aryl methyl sites for hydroxylation is 1. The first kappa shape index (κ1) is 19.1. The Kier molecular flexibility index (Phi) is 7.14. The number of ketones is 1. The maximum atomic E-state index is 11.1. The standard InChI is InChI=1S/C20H23ClN2O2/c1-4-5-16-8-9-19(18(21)11-16)25-20-22-12-17(13-23-20)7-6-14(2)10-15(3)24/h6-9,11-14H,4-5,10H2,1-3H3/b7-6+/t14-/m0/s1. The molecule has 5 heteroatoms. The molecule has 0 bridgehead atoms. The van der Waals surface area contributed by atoms with Crippen molar-refractivity contribution in [3.8, 4) is 11.8 Å². The summed E-state index contributed by atoms with van der Waals surface area (Å²) in [4.78, 5) is 19.5. The van der Waals surface area contributed by atoms with E-state index in [1.807, 2.05) is 37.3 Å². The van der Waals surface area contributed by atoms with Crippen LogP contribution in [0.3, 0.4) is 0 Å². The van der Waals surface area contributed by atoms with Crippen LogP contribution in [0.1, 0.15) is 44.7 Å². The molecule has 2 rings (SSSR count). The molecule has 0 aliphatic carbocycles. The Balaban J connectivity index is 2.00. The van der Waals surface area contributed by atoms with Crippen LogP contribution in [-0.2, 0) is 11.2 Å². The Morgan fingerprint density at radius 2 is 2.04 bits per heavy atom. The number of ether oxygens (including phenoxy) is 1. The molecule has 132 valence electrons. The number of carbonyl (C=O) groups excluding carboxylic acids is 1. The van der Waals surface area contributed by atoms with Crippen LogP contribution in [0.25, 0.3) is 6.08 Å². The average molecular weight is 359 g/mol. The third-order valence-electron chi connectivity index (χ3n) is 3.61. The van der Waals surface area contributed by atoms with E-state index in [0.717, 1.165) is 18.4 Å². The maximum Gasteiger partial charge on any atom is 0.321 e. The molecule has 0 N–H and O–H groups in total. The molecule has 0 unspecified atom stereocenters. The Hall–Kier alpha value is -2.20. The minimum absolute atomic E-state index is 0.180. The molecule has 0 radical (unpaired) electrons. The third kappa shape index (κ3) is 6.31. The highest BCUT2D eigenvalue weighted by molar-refractivity contribution is 6.32. The number of aromatic nitrogens is 2. The molecule has 0 amide bonds. The van der Waals surface area contributed by atoms with Gasteiger partial charge in [0.1, 0.15) is 11.5 Å².